The van der Waals surface area contributed by atoms with Crippen LogP contribution in [0.5, 0.6) is 0 Å². The largest absolute Gasteiger partial charge is 0.478 e. The number of aromatic carboxylic acids is 1. The molecular formula is C15H18N2O3. The third-order valence-corrected chi connectivity index (χ3v) is 3.17. The lowest BCUT2D eigenvalue weighted by Crippen LogP contribution is -2.27. The number of aliphatic hydroxyl groups excluding tert-OH is 1. The summed E-state index contributed by atoms with van der Waals surface area (Å²) in [5, 5.41) is 23.2. The highest BCUT2D eigenvalue weighted by atomic mass is 16.4. The predicted molar refractivity (Wildman–Crippen MR) is 78.1 cm³/mol. The van der Waals surface area contributed by atoms with Crippen molar-refractivity contribution in [2.24, 2.45) is 5.41 Å². The average molecular weight is 274 g/mol. The number of fused-ring (bicyclic) bond motifs is 1. The molecule has 0 bridgehead atoms. The van der Waals surface area contributed by atoms with Crippen LogP contribution in [-0.2, 0) is 0 Å². The molecule has 2 aromatic rings. The Morgan fingerprint density at radius 3 is 2.75 bits per heavy atom. The summed E-state index contributed by atoms with van der Waals surface area (Å²) in [4.78, 5) is 15.2. The van der Waals surface area contributed by atoms with E-state index in [1.165, 1.54) is 0 Å². The Bertz CT molecular complexity index is 638. The third kappa shape index (κ3) is 3.05. The van der Waals surface area contributed by atoms with Crippen molar-refractivity contribution >= 4 is 22.6 Å². The molecule has 0 aliphatic carbocycles. The number of nitrogens with one attached hydrogen (secondary N) is 1. The molecule has 0 spiro atoms. The van der Waals surface area contributed by atoms with Gasteiger partial charge in [0.05, 0.1) is 5.56 Å². The van der Waals surface area contributed by atoms with Gasteiger partial charge in [-0.1, -0.05) is 13.8 Å². The quantitative estimate of drug-likeness (QED) is 0.779. The third-order valence-electron chi connectivity index (χ3n) is 3.17. The zero-order valence-corrected chi connectivity index (χ0v) is 11.6. The summed E-state index contributed by atoms with van der Waals surface area (Å²) < 4.78 is 0. The maximum absolute atomic E-state index is 11.0. The van der Waals surface area contributed by atoms with Crippen LogP contribution in [0.15, 0.2) is 30.5 Å². The van der Waals surface area contributed by atoms with E-state index in [-0.39, 0.29) is 17.6 Å². The molecule has 0 aliphatic heterocycles. The lowest BCUT2D eigenvalue weighted by atomic mass is 9.95. The Morgan fingerprint density at radius 1 is 1.35 bits per heavy atom. The Kier molecular flexibility index (Phi) is 3.90. The molecule has 5 nitrogen and oxygen atoms in total. The molecule has 3 N–H and O–H groups in total. The molecule has 0 fully saturated rings. The van der Waals surface area contributed by atoms with Crippen LogP contribution in [0.4, 0.5) is 5.82 Å². The molecule has 1 heterocycles. The first kappa shape index (κ1) is 14.3. The Labute approximate surface area is 117 Å². The topological polar surface area (TPSA) is 82.5 Å². The molecule has 1 aromatic carbocycles. The molecule has 0 aliphatic rings. The Morgan fingerprint density at radius 2 is 2.10 bits per heavy atom. The Balaban J connectivity index is 2.33. The number of aliphatic hydroxyl groups is 1. The van der Waals surface area contributed by atoms with Gasteiger partial charge in [0.2, 0.25) is 0 Å². The summed E-state index contributed by atoms with van der Waals surface area (Å²) in [6.07, 6.45) is 1.64. The van der Waals surface area contributed by atoms with Crippen molar-refractivity contribution in [3.63, 3.8) is 0 Å². The van der Waals surface area contributed by atoms with Gasteiger partial charge in [-0.15, -0.1) is 0 Å². The molecule has 106 valence electrons. The first-order valence-corrected chi connectivity index (χ1v) is 6.40. The van der Waals surface area contributed by atoms with E-state index in [4.69, 9.17) is 5.11 Å². The van der Waals surface area contributed by atoms with Gasteiger partial charge in [0, 0.05) is 30.1 Å². The van der Waals surface area contributed by atoms with Gasteiger partial charge in [-0.3, -0.25) is 0 Å². The fourth-order valence-electron chi connectivity index (χ4n) is 1.83. The second-order valence-corrected chi connectivity index (χ2v) is 5.58. The van der Waals surface area contributed by atoms with Crippen molar-refractivity contribution in [1.29, 1.82) is 0 Å². The van der Waals surface area contributed by atoms with E-state index < -0.39 is 5.97 Å². The van der Waals surface area contributed by atoms with Gasteiger partial charge in [-0.25, -0.2) is 9.78 Å². The standard InChI is InChI=1S/C15H18N2O3/c1-15(2,9-18)8-17-13-12-4-3-11(14(19)20)7-10(12)5-6-16-13/h3-7,18H,8-9H2,1-2H3,(H,16,17)(H,19,20). The van der Waals surface area contributed by atoms with Crippen LogP contribution < -0.4 is 5.32 Å². The number of rotatable bonds is 5. The van der Waals surface area contributed by atoms with E-state index in [0.717, 1.165) is 10.8 Å². The molecule has 20 heavy (non-hydrogen) atoms. The highest BCUT2D eigenvalue weighted by molar-refractivity contribution is 5.98. The van der Waals surface area contributed by atoms with Crippen molar-refractivity contribution < 1.29 is 15.0 Å². The smallest absolute Gasteiger partial charge is 0.335 e. The van der Waals surface area contributed by atoms with E-state index in [0.29, 0.717) is 12.4 Å². The minimum Gasteiger partial charge on any atom is -0.478 e. The number of benzene rings is 1. The minimum atomic E-state index is -0.945. The highest BCUT2D eigenvalue weighted by Crippen LogP contribution is 2.24. The minimum absolute atomic E-state index is 0.0773. The van der Waals surface area contributed by atoms with E-state index in [1.54, 1.807) is 30.5 Å². The van der Waals surface area contributed by atoms with Gasteiger partial charge >= 0.3 is 5.97 Å². The summed E-state index contributed by atoms with van der Waals surface area (Å²) in [5.74, 6) is -0.249. The van der Waals surface area contributed by atoms with Gasteiger partial charge in [0.25, 0.3) is 0 Å². The van der Waals surface area contributed by atoms with Crippen LogP contribution >= 0.6 is 0 Å². The fraction of sp³-hybridized carbons (Fsp3) is 0.333. The first-order chi connectivity index (χ1) is 9.43. The molecule has 5 heteroatoms. The van der Waals surface area contributed by atoms with E-state index in [1.807, 2.05) is 13.8 Å². The lowest BCUT2D eigenvalue weighted by Gasteiger charge is -2.22. The van der Waals surface area contributed by atoms with Crippen molar-refractivity contribution in [2.75, 3.05) is 18.5 Å². The first-order valence-electron chi connectivity index (χ1n) is 6.40. The Hall–Kier alpha value is -2.14. The van der Waals surface area contributed by atoms with E-state index in [2.05, 4.69) is 10.3 Å². The predicted octanol–water partition coefficient (Wildman–Crippen LogP) is 2.36. The monoisotopic (exact) mass is 274 g/mol. The molecule has 0 amide bonds. The average Bonchev–Trinajstić information content (AvgIpc) is 2.44. The van der Waals surface area contributed by atoms with E-state index in [9.17, 15) is 9.90 Å². The van der Waals surface area contributed by atoms with Crippen LogP contribution in [0.25, 0.3) is 10.8 Å². The number of pyridine rings is 1. The molecule has 0 atom stereocenters. The molecule has 1 aromatic heterocycles. The van der Waals surface area contributed by atoms with E-state index >= 15 is 0 Å². The van der Waals surface area contributed by atoms with Crippen LogP contribution in [0.1, 0.15) is 24.2 Å². The number of nitrogens with zero attached hydrogens (tertiary/aromatic N) is 1. The normalized spacial score (nSPS) is 11.6. The number of carboxylic acids is 1. The maximum Gasteiger partial charge on any atom is 0.335 e. The molecule has 2 rings (SSSR count). The number of hydrogen-bond donors (Lipinski definition) is 3. The number of carboxylic acid groups (broad SMARTS) is 1. The zero-order valence-electron chi connectivity index (χ0n) is 11.6. The second kappa shape index (κ2) is 5.46. The summed E-state index contributed by atoms with van der Waals surface area (Å²) in [6, 6.07) is 6.72. The van der Waals surface area contributed by atoms with Crippen LogP contribution in [-0.4, -0.2) is 34.3 Å². The van der Waals surface area contributed by atoms with Crippen LogP contribution in [0.2, 0.25) is 0 Å². The van der Waals surface area contributed by atoms with Crippen molar-refractivity contribution in [1.82, 2.24) is 4.98 Å². The molecule has 0 saturated carbocycles. The molecule has 0 saturated heterocycles. The van der Waals surface area contributed by atoms with Crippen molar-refractivity contribution in [3.05, 3.63) is 36.0 Å². The number of anilines is 1. The van der Waals surface area contributed by atoms with Crippen LogP contribution in [0, 0.1) is 5.41 Å². The number of carbonyl (C=O) groups is 1. The molecule has 0 radical (unpaired) electrons. The van der Waals surface area contributed by atoms with Gasteiger partial charge in [-0.05, 0) is 29.7 Å². The second-order valence-electron chi connectivity index (χ2n) is 5.58. The van der Waals surface area contributed by atoms with Gasteiger partial charge in [0.1, 0.15) is 5.82 Å². The van der Waals surface area contributed by atoms with Crippen molar-refractivity contribution in [3.8, 4) is 0 Å². The SMILES string of the molecule is CC(C)(CO)CNc1nccc2cc(C(=O)O)ccc12. The maximum atomic E-state index is 11.0. The number of aromatic nitrogens is 1. The zero-order chi connectivity index (χ0) is 14.8. The fourth-order valence-corrected chi connectivity index (χ4v) is 1.83. The van der Waals surface area contributed by atoms with Gasteiger partial charge in [0.15, 0.2) is 0 Å². The molecule has 0 unspecified atom stereocenters. The van der Waals surface area contributed by atoms with Crippen LogP contribution in [0.3, 0.4) is 0 Å². The summed E-state index contributed by atoms with van der Waals surface area (Å²) in [5.41, 5.74) is 0.00975. The number of hydrogen-bond acceptors (Lipinski definition) is 4. The summed E-state index contributed by atoms with van der Waals surface area (Å²) in [7, 11) is 0. The summed E-state index contributed by atoms with van der Waals surface area (Å²) >= 11 is 0. The lowest BCUT2D eigenvalue weighted by molar-refractivity contribution is 0.0697. The summed E-state index contributed by atoms with van der Waals surface area (Å²) in [6.45, 7) is 4.56. The van der Waals surface area contributed by atoms with Gasteiger partial charge in [-0.2, -0.15) is 0 Å². The van der Waals surface area contributed by atoms with Gasteiger partial charge < -0.3 is 15.5 Å². The molecular weight excluding hydrogens is 256 g/mol. The van der Waals surface area contributed by atoms with Crippen molar-refractivity contribution in [2.45, 2.75) is 13.8 Å². The highest BCUT2D eigenvalue weighted by Gasteiger charge is 2.17.